The quantitative estimate of drug-likeness (QED) is 0.163. The standard InChI is InChI=1S/C30H47NOP2.3CO.Cr/c1-2-12-25-22-31(33(27-13-3-4-14-27)28-15-5-6-16-28)26(21-24(25)11-1)23-32-34(29-17-7-8-18-29)30-19-9-10-20-30;3*1-2;/h1-2,11-12,26-30H,3-10,13-23H2;;;;/t26-;;;;/m0..../s1. The van der Waals surface area contributed by atoms with Crippen LogP contribution in [0, 0.1) is 20.0 Å². The molecule has 41 heavy (non-hydrogen) atoms. The summed E-state index contributed by atoms with van der Waals surface area (Å²) in [4.78, 5) is 0. The van der Waals surface area contributed by atoms with E-state index in [4.69, 9.17) is 18.5 Å². The molecule has 0 saturated heterocycles. The van der Waals surface area contributed by atoms with Crippen molar-refractivity contribution in [2.24, 2.45) is 0 Å². The zero-order valence-corrected chi connectivity index (χ0v) is 27.6. The van der Waals surface area contributed by atoms with E-state index < -0.39 is 0 Å². The van der Waals surface area contributed by atoms with Gasteiger partial charge in [0.05, 0.1) is 6.61 Å². The first-order chi connectivity index (χ1) is 19.9. The average molecular weight is 636 g/mol. The van der Waals surface area contributed by atoms with E-state index in [1.54, 1.807) is 11.1 Å². The van der Waals surface area contributed by atoms with Gasteiger partial charge >= 0.3 is 33.9 Å². The van der Waals surface area contributed by atoms with Crippen molar-refractivity contribution in [2.75, 3.05) is 6.61 Å². The molecule has 0 spiro atoms. The topological polar surface area (TPSA) is 72.2 Å². The number of nitrogens with zero attached hydrogens (tertiary/aromatic N) is 1. The van der Waals surface area contributed by atoms with E-state index >= 15 is 0 Å². The summed E-state index contributed by atoms with van der Waals surface area (Å²) in [5.41, 5.74) is 7.05. The number of fused-ring (bicyclic) bond motifs is 1. The summed E-state index contributed by atoms with van der Waals surface area (Å²) >= 11 is 0. The molecule has 0 radical (unpaired) electrons. The number of benzene rings is 1. The van der Waals surface area contributed by atoms with Crippen molar-refractivity contribution >= 4 is 16.2 Å². The third-order valence-corrected chi connectivity index (χ3v) is 16.3. The second kappa shape index (κ2) is 20.7. The van der Waals surface area contributed by atoms with Crippen LogP contribution >= 0.6 is 16.2 Å². The fourth-order valence-electron chi connectivity index (χ4n) is 8.04. The second-order valence-electron chi connectivity index (χ2n) is 12.0. The minimum absolute atomic E-state index is 0. The Morgan fingerprint density at radius 2 is 1.02 bits per heavy atom. The minimum atomic E-state index is -0.233. The van der Waals surface area contributed by atoms with Gasteiger partial charge in [-0.1, -0.05) is 75.6 Å². The summed E-state index contributed by atoms with van der Waals surface area (Å²) in [6.45, 7) is 15.7. The summed E-state index contributed by atoms with van der Waals surface area (Å²) in [5, 5.41) is 0. The second-order valence-corrected chi connectivity index (χ2v) is 17.2. The van der Waals surface area contributed by atoms with Gasteiger partial charge in [-0.25, -0.2) is 0 Å². The largest absolute Gasteiger partial charge is 0.357 e. The molecule has 1 aromatic rings. The monoisotopic (exact) mass is 635 g/mol. The van der Waals surface area contributed by atoms with Crippen molar-refractivity contribution in [3.63, 3.8) is 0 Å². The molecule has 5 aliphatic rings. The Bertz CT molecular complexity index is 873. The minimum Gasteiger partial charge on any atom is -0.357 e. The molecule has 4 aliphatic carbocycles. The molecule has 0 unspecified atom stereocenters. The van der Waals surface area contributed by atoms with Gasteiger partial charge in [-0.05, 0) is 88.3 Å². The summed E-state index contributed by atoms with van der Waals surface area (Å²) < 4.78 is 32.8. The molecule has 0 amide bonds. The molecule has 8 heteroatoms. The fourth-order valence-corrected chi connectivity index (χ4v) is 15.2. The van der Waals surface area contributed by atoms with Gasteiger partial charge in [0.1, 0.15) is 0 Å². The van der Waals surface area contributed by atoms with Gasteiger partial charge in [0, 0.05) is 49.4 Å². The molecule has 1 aromatic carbocycles. The molecular weight excluding hydrogens is 588 g/mol. The number of rotatable bonds is 8. The van der Waals surface area contributed by atoms with Crippen molar-refractivity contribution in [1.29, 1.82) is 0 Å². The van der Waals surface area contributed by atoms with Crippen molar-refractivity contribution < 1.29 is 35.8 Å². The van der Waals surface area contributed by atoms with Gasteiger partial charge in [0.25, 0.3) is 0 Å². The van der Waals surface area contributed by atoms with Crippen LogP contribution in [-0.4, -0.2) is 40.0 Å². The van der Waals surface area contributed by atoms with Gasteiger partial charge in [-0.2, -0.15) is 0 Å². The number of hydrogen-bond donors (Lipinski definition) is 0. The Kier molecular flexibility index (Phi) is 18.6. The number of hydrogen-bond acceptors (Lipinski definition) is 2. The van der Waals surface area contributed by atoms with Crippen LogP contribution in [-0.2, 0) is 48.8 Å². The van der Waals surface area contributed by atoms with Crippen LogP contribution in [0.25, 0.3) is 0 Å². The summed E-state index contributed by atoms with van der Waals surface area (Å²) in [7, 11) is -0.269. The van der Waals surface area contributed by atoms with Crippen LogP contribution in [0.1, 0.15) is 114 Å². The third kappa shape index (κ3) is 9.87. The Labute approximate surface area is 262 Å². The van der Waals surface area contributed by atoms with Gasteiger partial charge in [0.2, 0.25) is 0 Å². The normalized spacial score (nSPS) is 23.5. The predicted molar refractivity (Wildman–Crippen MR) is 160 cm³/mol. The Morgan fingerprint density at radius 3 is 1.46 bits per heavy atom. The van der Waals surface area contributed by atoms with Crippen molar-refractivity contribution in [2.45, 2.75) is 144 Å². The molecule has 4 fully saturated rings. The van der Waals surface area contributed by atoms with Crippen LogP contribution in [0.15, 0.2) is 24.3 Å². The van der Waals surface area contributed by atoms with E-state index in [0.717, 1.165) is 29.2 Å². The van der Waals surface area contributed by atoms with E-state index in [0.29, 0.717) is 6.04 Å². The zero-order chi connectivity index (χ0) is 28.7. The van der Waals surface area contributed by atoms with Crippen LogP contribution in [0.4, 0.5) is 0 Å². The van der Waals surface area contributed by atoms with Crippen LogP contribution < -0.4 is 0 Å². The maximum Gasteiger partial charge on any atom is 0.0671 e. The molecule has 6 rings (SSSR count). The smallest absolute Gasteiger partial charge is 0.0671 e. The van der Waals surface area contributed by atoms with Crippen LogP contribution in [0.2, 0.25) is 0 Å². The molecule has 0 aromatic heterocycles. The molecule has 1 atom stereocenters. The Balaban J connectivity index is 0.000000791. The molecule has 0 bridgehead atoms. The van der Waals surface area contributed by atoms with E-state index in [1.165, 1.54) is 116 Å². The Morgan fingerprint density at radius 1 is 0.634 bits per heavy atom. The summed E-state index contributed by atoms with van der Waals surface area (Å²) in [6.07, 6.45) is 24.8. The van der Waals surface area contributed by atoms with Crippen molar-refractivity contribution in [3.05, 3.63) is 55.3 Å². The van der Waals surface area contributed by atoms with E-state index in [1.807, 2.05) is 0 Å². The maximum absolute atomic E-state index is 7.50. The summed E-state index contributed by atoms with van der Waals surface area (Å²) in [5.74, 6) is 0. The molecule has 1 aliphatic heterocycles. The first-order valence-electron chi connectivity index (χ1n) is 15.5. The summed E-state index contributed by atoms with van der Waals surface area (Å²) in [6, 6.07) is 10.0. The molecule has 0 N–H and O–H groups in total. The van der Waals surface area contributed by atoms with Gasteiger partial charge in [-0.15, -0.1) is 0 Å². The van der Waals surface area contributed by atoms with Crippen molar-refractivity contribution in [3.8, 4) is 0 Å². The van der Waals surface area contributed by atoms with E-state index in [-0.39, 0.29) is 33.6 Å². The van der Waals surface area contributed by atoms with Gasteiger partial charge in [-0.3, -0.25) is 4.67 Å². The SMILES string of the molecule is [C-]#[O+].[C-]#[O+].[C-]#[O+].[Cr].c1ccc2c(c1)C[C@@H](COP(C1CCCC1)C1CCCC1)N(P(C1CCCC1)C1CCCC1)C2. The average Bonchev–Trinajstić information content (AvgIpc) is 3.86. The molecule has 1 heterocycles. The van der Waals surface area contributed by atoms with E-state index in [2.05, 4.69) is 48.9 Å². The van der Waals surface area contributed by atoms with Gasteiger partial charge in [0.15, 0.2) is 0 Å². The molecular formula is C33H47CrNO4P2. The Hall–Kier alpha value is -0.248. The van der Waals surface area contributed by atoms with Crippen LogP contribution in [0.3, 0.4) is 0 Å². The fraction of sp³-hybridized carbons (Fsp3) is 0.727. The van der Waals surface area contributed by atoms with Crippen LogP contribution in [0.5, 0.6) is 0 Å². The maximum atomic E-state index is 7.50. The molecule has 5 nitrogen and oxygen atoms in total. The third-order valence-electron chi connectivity index (χ3n) is 9.81. The molecule has 224 valence electrons. The van der Waals surface area contributed by atoms with Gasteiger partial charge < -0.3 is 4.52 Å². The first kappa shape index (κ1) is 36.9. The first-order valence-corrected chi connectivity index (χ1v) is 18.3. The van der Waals surface area contributed by atoms with E-state index in [9.17, 15) is 0 Å². The predicted octanol–water partition coefficient (Wildman–Crippen LogP) is 8.88. The zero-order valence-electron chi connectivity index (χ0n) is 24.5. The van der Waals surface area contributed by atoms with Crippen molar-refractivity contribution in [1.82, 2.24) is 4.67 Å². The molecule has 4 saturated carbocycles.